The third kappa shape index (κ3) is 1.45. The van der Waals surface area contributed by atoms with Crippen molar-refractivity contribution in [3.05, 3.63) is 64.4 Å². The summed E-state index contributed by atoms with van der Waals surface area (Å²) < 4.78 is 26.2. The Morgan fingerprint density at radius 2 is 1.33 bits per heavy atom. The van der Waals surface area contributed by atoms with Gasteiger partial charge >= 0.3 is 0 Å². The molecule has 1 aliphatic heterocycles. The van der Waals surface area contributed by atoms with Gasteiger partial charge in [-0.05, 0) is 24.3 Å². The SMILES string of the molecule is O=C1c2ccc(F)cc2[NH+]([O-])c2cc(F)ccc21. The van der Waals surface area contributed by atoms with E-state index in [4.69, 9.17) is 0 Å². The van der Waals surface area contributed by atoms with Crippen molar-refractivity contribution in [2.75, 3.05) is 0 Å². The van der Waals surface area contributed by atoms with Crippen molar-refractivity contribution in [3.63, 3.8) is 0 Å². The Balaban J connectivity index is 2.28. The van der Waals surface area contributed by atoms with Crippen LogP contribution in [0, 0.1) is 16.8 Å². The number of hydrogen-bond donors (Lipinski definition) is 1. The molecule has 0 atom stereocenters. The molecule has 2 aromatic carbocycles. The first kappa shape index (κ1) is 11.0. The molecule has 0 amide bonds. The first-order chi connectivity index (χ1) is 8.58. The van der Waals surface area contributed by atoms with Crippen LogP contribution in [0.4, 0.5) is 20.2 Å². The fourth-order valence-corrected chi connectivity index (χ4v) is 2.09. The zero-order chi connectivity index (χ0) is 12.9. The minimum atomic E-state index is -0.602. The van der Waals surface area contributed by atoms with Crippen LogP contribution in [0.1, 0.15) is 15.9 Å². The Kier molecular flexibility index (Phi) is 2.26. The summed E-state index contributed by atoms with van der Waals surface area (Å²) in [6.45, 7) is 0. The van der Waals surface area contributed by atoms with Crippen molar-refractivity contribution in [1.82, 2.24) is 0 Å². The summed E-state index contributed by atoms with van der Waals surface area (Å²) in [6, 6.07) is 6.80. The summed E-state index contributed by atoms with van der Waals surface area (Å²) in [7, 11) is 0. The van der Waals surface area contributed by atoms with Crippen molar-refractivity contribution in [2.24, 2.45) is 0 Å². The molecule has 0 spiro atoms. The van der Waals surface area contributed by atoms with Gasteiger partial charge in [0.1, 0.15) is 11.6 Å². The van der Waals surface area contributed by atoms with E-state index < -0.39 is 16.7 Å². The molecule has 0 unspecified atom stereocenters. The molecule has 1 N–H and O–H groups in total. The van der Waals surface area contributed by atoms with Crippen LogP contribution < -0.4 is 5.06 Å². The van der Waals surface area contributed by atoms with E-state index in [2.05, 4.69) is 0 Å². The zero-order valence-electron chi connectivity index (χ0n) is 9.04. The van der Waals surface area contributed by atoms with Crippen molar-refractivity contribution < 1.29 is 18.6 Å². The van der Waals surface area contributed by atoms with E-state index in [1.165, 1.54) is 12.1 Å². The van der Waals surface area contributed by atoms with Crippen LogP contribution in [0.3, 0.4) is 0 Å². The highest BCUT2D eigenvalue weighted by molar-refractivity contribution is 6.15. The van der Waals surface area contributed by atoms with Crippen LogP contribution >= 0.6 is 0 Å². The summed E-state index contributed by atoms with van der Waals surface area (Å²) in [6.07, 6.45) is 0. The molecule has 1 aliphatic rings. The van der Waals surface area contributed by atoms with E-state index in [9.17, 15) is 18.8 Å². The second-order valence-corrected chi connectivity index (χ2v) is 4.04. The van der Waals surface area contributed by atoms with Crippen molar-refractivity contribution >= 4 is 17.2 Å². The van der Waals surface area contributed by atoms with Gasteiger partial charge < -0.3 is 10.3 Å². The van der Waals surface area contributed by atoms with Crippen molar-refractivity contribution in [2.45, 2.75) is 0 Å². The Morgan fingerprint density at radius 1 is 0.889 bits per heavy atom. The lowest BCUT2D eigenvalue weighted by molar-refractivity contribution is -0.699. The smallest absolute Gasteiger partial charge is 0.205 e. The lowest BCUT2D eigenvalue weighted by atomic mass is 9.95. The third-order valence-corrected chi connectivity index (χ3v) is 2.94. The number of quaternary nitrogens is 1. The average molecular weight is 247 g/mol. The molecule has 0 saturated carbocycles. The fourth-order valence-electron chi connectivity index (χ4n) is 2.09. The van der Waals surface area contributed by atoms with Crippen LogP contribution in [-0.4, -0.2) is 5.78 Å². The maximum atomic E-state index is 13.1. The number of benzene rings is 2. The van der Waals surface area contributed by atoms with Gasteiger partial charge in [0.25, 0.3) is 0 Å². The van der Waals surface area contributed by atoms with E-state index >= 15 is 0 Å². The fraction of sp³-hybridized carbons (Fsp3) is 0. The van der Waals surface area contributed by atoms with Crippen molar-refractivity contribution in [1.29, 1.82) is 0 Å². The number of carbonyl (C=O) groups excluding carboxylic acids is 1. The summed E-state index contributed by atoms with van der Waals surface area (Å²) in [5.74, 6) is -1.59. The predicted octanol–water partition coefficient (Wildman–Crippen LogP) is 1.86. The largest absolute Gasteiger partial charge is 0.623 e. The highest BCUT2D eigenvalue weighted by Gasteiger charge is 2.30. The van der Waals surface area contributed by atoms with E-state index in [1.807, 2.05) is 0 Å². The lowest BCUT2D eigenvalue weighted by Gasteiger charge is -2.28. The molecular formula is C13H7F2NO2. The van der Waals surface area contributed by atoms with Gasteiger partial charge in [-0.15, -0.1) is 0 Å². The van der Waals surface area contributed by atoms with Crippen molar-refractivity contribution in [3.8, 4) is 0 Å². The van der Waals surface area contributed by atoms with Gasteiger partial charge in [-0.3, -0.25) is 4.79 Å². The minimum Gasteiger partial charge on any atom is -0.623 e. The molecule has 0 aromatic heterocycles. The molecule has 1 heterocycles. The number of rotatable bonds is 0. The molecule has 5 heteroatoms. The van der Waals surface area contributed by atoms with E-state index in [0.29, 0.717) is 0 Å². The van der Waals surface area contributed by atoms with Crippen LogP contribution in [0.25, 0.3) is 0 Å². The molecule has 3 rings (SSSR count). The van der Waals surface area contributed by atoms with Gasteiger partial charge in [0.2, 0.25) is 5.78 Å². The molecule has 0 aliphatic carbocycles. The third-order valence-electron chi connectivity index (χ3n) is 2.94. The summed E-state index contributed by atoms with van der Waals surface area (Å²) in [5, 5.41) is 11.5. The number of carbonyl (C=O) groups is 1. The lowest BCUT2D eigenvalue weighted by Crippen LogP contribution is -2.98. The Labute approximate surface area is 101 Å². The molecular weight excluding hydrogens is 240 g/mol. The Morgan fingerprint density at radius 3 is 1.78 bits per heavy atom. The van der Waals surface area contributed by atoms with Crippen LogP contribution in [0.2, 0.25) is 0 Å². The quantitative estimate of drug-likeness (QED) is 0.722. The van der Waals surface area contributed by atoms with Gasteiger partial charge in [0.15, 0.2) is 11.4 Å². The van der Waals surface area contributed by atoms with E-state index in [1.54, 1.807) is 0 Å². The number of halogens is 2. The number of ketones is 1. The maximum absolute atomic E-state index is 13.1. The normalized spacial score (nSPS) is 14.3. The van der Waals surface area contributed by atoms with Crippen LogP contribution in [0.5, 0.6) is 0 Å². The highest BCUT2D eigenvalue weighted by Crippen LogP contribution is 2.27. The molecule has 18 heavy (non-hydrogen) atoms. The zero-order valence-corrected chi connectivity index (χ0v) is 9.04. The van der Waals surface area contributed by atoms with Gasteiger partial charge in [-0.2, -0.15) is 0 Å². The van der Waals surface area contributed by atoms with Crippen LogP contribution in [-0.2, 0) is 0 Å². The van der Waals surface area contributed by atoms with Crippen LogP contribution in [0.15, 0.2) is 36.4 Å². The molecule has 0 bridgehead atoms. The Hall–Kier alpha value is -2.11. The molecule has 0 fully saturated rings. The van der Waals surface area contributed by atoms with Gasteiger partial charge in [-0.1, -0.05) is 0 Å². The first-order valence-electron chi connectivity index (χ1n) is 5.26. The molecule has 2 aromatic rings. The number of hydrogen-bond acceptors (Lipinski definition) is 2. The number of fused-ring (bicyclic) bond motifs is 2. The van der Waals surface area contributed by atoms with Gasteiger partial charge in [-0.25, -0.2) is 8.78 Å². The van der Waals surface area contributed by atoms with E-state index in [0.717, 1.165) is 24.3 Å². The second kappa shape index (κ2) is 3.69. The highest BCUT2D eigenvalue weighted by atomic mass is 19.1. The number of nitrogens with one attached hydrogen (secondary N) is 1. The monoisotopic (exact) mass is 247 g/mol. The summed E-state index contributed by atoms with van der Waals surface area (Å²) in [5.41, 5.74) is 0.275. The molecule has 3 nitrogen and oxygen atoms in total. The molecule has 0 radical (unpaired) electrons. The topological polar surface area (TPSA) is 44.6 Å². The standard InChI is InChI=1S/C13H7F2NO2/c14-7-1-3-9-11(5-7)16(18)12-6-8(15)2-4-10(12)13(9)17/h1-6,16H. The van der Waals surface area contributed by atoms with Gasteiger partial charge in [0.05, 0.1) is 11.1 Å². The predicted molar refractivity (Wildman–Crippen MR) is 59.9 cm³/mol. The average Bonchev–Trinajstić information content (AvgIpc) is 2.35. The first-order valence-corrected chi connectivity index (χ1v) is 5.26. The molecule has 90 valence electrons. The van der Waals surface area contributed by atoms with Gasteiger partial charge in [0, 0.05) is 12.1 Å². The summed E-state index contributed by atoms with van der Waals surface area (Å²) >= 11 is 0. The molecule has 0 saturated heterocycles. The van der Waals surface area contributed by atoms with E-state index in [-0.39, 0.29) is 28.3 Å². The Bertz CT molecular complexity index is 615. The maximum Gasteiger partial charge on any atom is 0.205 e. The summed E-state index contributed by atoms with van der Waals surface area (Å²) in [4.78, 5) is 12.1. The minimum absolute atomic E-state index is 0.0156. The second-order valence-electron chi connectivity index (χ2n) is 4.04.